The second-order valence-corrected chi connectivity index (χ2v) is 6.78. The van der Waals surface area contributed by atoms with Crippen LogP contribution in [-0.2, 0) is 0 Å². The number of rotatable bonds is 12. The normalized spacial score (nSPS) is 11.2. The van der Waals surface area contributed by atoms with E-state index in [4.69, 9.17) is 4.74 Å². The van der Waals surface area contributed by atoms with Gasteiger partial charge in [-0.1, -0.05) is 82.2 Å². The van der Waals surface area contributed by atoms with Gasteiger partial charge in [-0.3, -0.25) is 0 Å². The average molecular weight is 353 g/mol. The molecule has 0 fully saturated rings. The predicted molar refractivity (Wildman–Crippen MR) is 110 cm³/mol. The Morgan fingerprint density at radius 3 is 2.15 bits per heavy atom. The summed E-state index contributed by atoms with van der Waals surface area (Å²) in [4.78, 5) is 0. The van der Waals surface area contributed by atoms with Crippen molar-refractivity contribution in [2.75, 3.05) is 6.61 Å². The number of unbranched alkanes of at least 4 members (excludes halogenated alkanes) is 7. The Morgan fingerprint density at radius 2 is 1.42 bits per heavy atom. The fourth-order valence-electron chi connectivity index (χ4n) is 2.92. The summed E-state index contributed by atoms with van der Waals surface area (Å²) in [6.45, 7) is 5.06. The SMILES string of the molecule is CCCCCCCCCCOc1c(C)cccc1N=Nc1ccccc1. The van der Waals surface area contributed by atoms with Crippen LogP contribution in [-0.4, -0.2) is 6.61 Å². The lowest BCUT2D eigenvalue weighted by Crippen LogP contribution is -1.99. The third-order valence-electron chi connectivity index (χ3n) is 4.46. The van der Waals surface area contributed by atoms with E-state index in [2.05, 4.69) is 30.1 Å². The van der Waals surface area contributed by atoms with E-state index in [1.807, 2.05) is 42.5 Å². The van der Waals surface area contributed by atoms with Gasteiger partial charge in [-0.15, -0.1) is 5.11 Å². The Balaban J connectivity index is 1.79. The lowest BCUT2D eigenvalue weighted by molar-refractivity contribution is 0.303. The fourth-order valence-corrected chi connectivity index (χ4v) is 2.92. The number of hydrogen-bond acceptors (Lipinski definition) is 3. The van der Waals surface area contributed by atoms with Crippen LogP contribution in [0.1, 0.15) is 63.9 Å². The molecule has 2 rings (SSSR count). The maximum Gasteiger partial charge on any atom is 0.149 e. The quantitative estimate of drug-likeness (QED) is 0.282. The maximum atomic E-state index is 6.05. The summed E-state index contributed by atoms with van der Waals surface area (Å²) in [5, 5.41) is 8.71. The summed E-state index contributed by atoms with van der Waals surface area (Å²) in [5.41, 5.74) is 2.76. The van der Waals surface area contributed by atoms with Crippen molar-refractivity contribution in [3.63, 3.8) is 0 Å². The lowest BCUT2D eigenvalue weighted by atomic mass is 10.1. The van der Waals surface area contributed by atoms with Crippen molar-refractivity contribution in [1.82, 2.24) is 0 Å². The molecule has 0 aromatic heterocycles. The van der Waals surface area contributed by atoms with E-state index < -0.39 is 0 Å². The van der Waals surface area contributed by atoms with Crippen molar-refractivity contribution >= 4 is 11.4 Å². The number of ether oxygens (including phenoxy) is 1. The van der Waals surface area contributed by atoms with E-state index in [0.29, 0.717) is 0 Å². The molecule has 0 spiro atoms. The molecule has 0 atom stereocenters. The molecule has 3 nitrogen and oxygen atoms in total. The third-order valence-corrected chi connectivity index (χ3v) is 4.46. The molecular weight excluding hydrogens is 320 g/mol. The minimum atomic E-state index is 0.744. The van der Waals surface area contributed by atoms with Crippen LogP contribution in [0.5, 0.6) is 5.75 Å². The third kappa shape index (κ3) is 7.38. The van der Waals surface area contributed by atoms with Crippen molar-refractivity contribution < 1.29 is 4.74 Å². The molecule has 0 heterocycles. The first kappa shape index (κ1) is 20.2. The van der Waals surface area contributed by atoms with Gasteiger partial charge in [0, 0.05) is 0 Å². The molecule has 0 aliphatic carbocycles. The van der Waals surface area contributed by atoms with Crippen LogP contribution in [0.4, 0.5) is 11.4 Å². The van der Waals surface area contributed by atoms with Gasteiger partial charge in [-0.25, -0.2) is 0 Å². The molecule has 0 aliphatic rings. The zero-order valence-electron chi connectivity index (χ0n) is 16.3. The zero-order valence-corrected chi connectivity index (χ0v) is 16.3. The van der Waals surface area contributed by atoms with E-state index in [1.165, 1.54) is 44.9 Å². The molecule has 0 aliphatic heterocycles. The Hall–Kier alpha value is -2.16. The molecular formula is C23H32N2O. The first-order chi connectivity index (χ1) is 12.8. The van der Waals surface area contributed by atoms with E-state index in [0.717, 1.165) is 35.7 Å². The van der Waals surface area contributed by atoms with Crippen LogP contribution >= 0.6 is 0 Å². The van der Waals surface area contributed by atoms with E-state index in [1.54, 1.807) is 0 Å². The highest BCUT2D eigenvalue weighted by atomic mass is 16.5. The van der Waals surface area contributed by atoms with Gasteiger partial charge < -0.3 is 4.74 Å². The number of nitrogens with zero attached hydrogens (tertiary/aromatic N) is 2. The molecule has 140 valence electrons. The molecule has 0 saturated carbocycles. The first-order valence-corrected chi connectivity index (χ1v) is 10.0. The zero-order chi connectivity index (χ0) is 18.5. The highest BCUT2D eigenvalue weighted by Crippen LogP contribution is 2.32. The van der Waals surface area contributed by atoms with Crippen LogP contribution in [0, 0.1) is 6.92 Å². The summed E-state index contributed by atoms with van der Waals surface area (Å²) in [6.07, 6.45) is 10.4. The van der Waals surface area contributed by atoms with Crippen LogP contribution in [0.2, 0.25) is 0 Å². The molecule has 0 bridgehead atoms. The molecule has 0 unspecified atom stereocenters. The Labute approximate surface area is 158 Å². The van der Waals surface area contributed by atoms with E-state index in [-0.39, 0.29) is 0 Å². The monoisotopic (exact) mass is 352 g/mol. The summed E-state index contributed by atoms with van der Waals surface area (Å²) in [5.74, 6) is 0.857. The molecule has 0 N–H and O–H groups in total. The van der Waals surface area contributed by atoms with Gasteiger partial charge in [0.2, 0.25) is 0 Å². The summed E-state index contributed by atoms with van der Waals surface area (Å²) in [6, 6.07) is 15.8. The van der Waals surface area contributed by atoms with Gasteiger partial charge >= 0.3 is 0 Å². The molecule has 0 saturated heterocycles. The van der Waals surface area contributed by atoms with Crippen LogP contribution in [0.25, 0.3) is 0 Å². The van der Waals surface area contributed by atoms with Gasteiger partial charge in [-0.05, 0) is 37.1 Å². The molecule has 2 aromatic carbocycles. The summed E-state index contributed by atoms with van der Waals surface area (Å²) in [7, 11) is 0. The molecule has 26 heavy (non-hydrogen) atoms. The molecule has 2 aromatic rings. The Kier molecular flexibility index (Phi) is 9.48. The van der Waals surface area contributed by atoms with Crippen LogP contribution in [0.3, 0.4) is 0 Å². The van der Waals surface area contributed by atoms with Crippen molar-refractivity contribution in [3.05, 3.63) is 54.1 Å². The van der Waals surface area contributed by atoms with Crippen molar-refractivity contribution in [2.45, 2.75) is 65.2 Å². The van der Waals surface area contributed by atoms with Gasteiger partial charge in [0.1, 0.15) is 11.4 Å². The molecule has 0 amide bonds. The topological polar surface area (TPSA) is 34.0 Å². The van der Waals surface area contributed by atoms with E-state index >= 15 is 0 Å². The van der Waals surface area contributed by atoms with Crippen LogP contribution < -0.4 is 4.74 Å². The fraction of sp³-hybridized carbons (Fsp3) is 0.478. The minimum Gasteiger partial charge on any atom is -0.491 e. The lowest BCUT2D eigenvalue weighted by Gasteiger charge is -2.11. The van der Waals surface area contributed by atoms with Crippen molar-refractivity contribution in [3.8, 4) is 5.75 Å². The van der Waals surface area contributed by atoms with Crippen LogP contribution in [0.15, 0.2) is 58.8 Å². The Morgan fingerprint density at radius 1 is 0.731 bits per heavy atom. The number of azo groups is 1. The van der Waals surface area contributed by atoms with Crippen molar-refractivity contribution in [1.29, 1.82) is 0 Å². The van der Waals surface area contributed by atoms with Gasteiger partial charge in [-0.2, -0.15) is 5.11 Å². The first-order valence-electron chi connectivity index (χ1n) is 10.0. The second-order valence-electron chi connectivity index (χ2n) is 6.78. The largest absolute Gasteiger partial charge is 0.491 e. The number of hydrogen-bond donors (Lipinski definition) is 0. The number of para-hydroxylation sites is 1. The summed E-state index contributed by atoms with van der Waals surface area (Å²) < 4.78 is 6.05. The average Bonchev–Trinajstić information content (AvgIpc) is 2.67. The minimum absolute atomic E-state index is 0.744. The van der Waals surface area contributed by atoms with E-state index in [9.17, 15) is 0 Å². The maximum absolute atomic E-state index is 6.05. The molecule has 3 heteroatoms. The second kappa shape index (κ2) is 12.2. The highest BCUT2D eigenvalue weighted by molar-refractivity contribution is 5.55. The standard InChI is InChI=1S/C23H32N2O/c1-3-4-5-6-7-8-9-13-19-26-23-20(2)15-14-18-22(23)25-24-21-16-11-10-12-17-21/h10-12,14-18H,3-9,13,19H2,1-2H3. The van der Waals surface area contributed by atoms with Gasteiger partial charge in [0.05, 0.1) is 12.3 Å². The summed E-state index contributed by atoms with van der Waals surface area (Å²) >= 11 is 0. The van der Waals surface area contributed by atoms with Gasteiger partial charge in [0.15, 0.2) is 0 Å². The number of benzene rings is 2. The number of aryl methyl sites for hydroxylation is 1. The highest BCUT2D eigenvalue weighted by Gasteiger charge is 2.06. The smallest absolute Gasteiger partial charge is 0.149 e. The molecule has 0 radical (unpaired) electrons. The van der Waals surface area contributed by atoms with Crippen molar-refractivity contribution in [2.24, 2.45) is 10.2 Å². The van der Waals surface area contributed by atoms with Gasteiger partial charge in [0.25, 0.3) is 0 Å². The Bertz CT molecular complexity index is 653. The predicted octanol–water partition coefficient (Wildman–Crippen LogP) is 7.93.